The highest BCUT2D eigenvalue weighted by Gasteiger charge is 2.21. The fourth-order valence-corrected chi connectivity index (χ4v) is 3.01. The van der Waals surface area contributed by atoms with Crippen LogP contribution in [0.2, 0.25) is 0 Å². The Morgan fingerprint density at radius 2 is 2.00 bits per heavy atom. The van der Waals surface area contributed by atoms with Gasteiger partial charge in [-0.25, -0.2) is 9.97 Å². The number of nitrogens with zero attached hydrogens (tertiary/aromatic N) is 3. The number of fused-ring (bicyclic) bond motifs is 1. The second-order valence-corrected chi connectivity index (χ2v) is 5.64. The lowest BCUT2D eigenvalue weighted by molar-refractivity contribution is 0.494. The molecule has 0 aliphatic carbocycles. The zero-order valence-corrected chi connectivity index (χ0v) is 13.4. The Morgan fingerprint density at radius 1 is 1.24 bits per heavy atom. The molecule has 3 rings (SSSR count). The first kappa shape index (κ1) is 14.1. The Balaban J connectivity index is 2.22. The van der Waals surface area contributed by atoms with Crippen molar-refractivity contribution in [2.75, 3.05) is 0 Å². The van der Waals surface area contributed by atoms with Gasteiger partial charge in [0.15, 0.2) is 5.65 Å². The summed E-state index contributed by atoms with van der Waals surface area (Å²) in [4.78, 5) is 9.23. The van der Waals surface area contributed by atoms with E-state index in [1.807, 2.05) is 32.9 Å². The third kappa shape index (κ3) is 2.33. The van der Waals surface area contributed by atoms with Crippen molar-refractivity contribution < 1.29 is 4.42 Å². The fraction of sp³-hybridized carbons (Fsp3) is 0.375. The monoisotopic (exact) mass is 303 g/mol. The van der Waals surface area contributed by atoms with Crippen LogP contribution in [0.3, 0.4) is 0 Å². The Morgan fingerprint density at radius 3 is 2.62 bits per heavy atom. The van der Waals surface area contributed by atoms with E-state index in [2.05, 4.69) is 27.5 Å². The summed E-state index contributed by atoms with van der Waals surface area (Å²) in [5.74, 6) is 3.02. The summed E-state index contributed by atoms with van der Waals surface area (Å²) >= 11 is 6.09. The number of hydrogen-bond donors (Lipinski definition) is 0. The van der Waals surface area contributed by atoms with E-state index in [1.54, 1.807) is 0 Å². The second kappa shape index (κ2) is 5.19. The van der Waals surface area contributed by atoms with Crippen LogP contribution in [0, 0.1) is 20.8 Å². The van der Waals surface area contributed by atoms with Crippen molar-refractivity contribution in [3.05, 3.63) is 46.8 Å². The van der Waals surface area contributed by atoms with Gasteiger partial charge in [0.05, 0.1) is 11.9 Å². The molecule has 0 bridgehead atoms. The zero-order valence-electron chi connectivity index (χ0n) is 12.6. The topological polar surface area (TPSA) is 43.9 Å². The first-order chi connectivity index (χ1) is 10.0. The van der Waals surface area contributed by atoms with Crippen LogP contribution in [0.1, 0.15) is 41.6 Å². The highest BCUT2D eigenvalue weighted by Crippen LogP contribution is 2.29. The van der Waals surface area contributed by atoms with Gasteiger partial charge in [0.25, 0.3) is 0 Å². The lowest BCUT2D eigenvalue weighted by Gasteiger charge is -2.16. The fourth-order valence-electron chi connectivity index (χ4n) is 2.82. The van der Waals surface area contributed by atoms with Crippen molar-refractivity contribution >= 4 is 22.8 Å². The third-order valence-corrected chi connectivity index (χ3v) is 4.02. The second-order valence-electron chi connectivity index (χ2n) is 5.37. The maximum absolute atomic E-state index is 6.09. The largest absolute Gasteiger partial charge is 0.466 e. The van der Waals surface area contributed by atoms with E-state index in [9.17, 15) is 0 Å². The lowest BCUT2D eigenvalue weighted by atomic mass is 10.1. The molecule has 3 aromatic heterocycles. The van der Waals surface area contributed by atoms with Crippen molar-refractivity contribution in [1.82, 2.24) is 14.5 Å². The molecule has 0 saturated carbocycles. The molecule has 0 N–H and O–H groups in total. The number of hydrogen-bond acceptors (Lipinski definition) is 3. The van der Waals surface area contributed by atoms with Crippen molar-refractivity contribution in [3.8, 4) is 0 Å². The molecule has 1 atom stereocenters. The van der Waals surface area contributed by atoms with Gasteiger partial charge in [-0.15, -0.1) is 11.6 Å². The maximum atomic E-state index is 6.09. The predicted molar refractivity (Wildman–Crippen MR) is 83.8 cm³/mol. The summed E-state index contributed by atoms with van der Waals surface area (Å²) in [7, 11) is 0. The SMILES string of the molecule is Cc1ccc2nc(CCl)n(C(C)c3cc(C)oc3C)c2n1. The van der Waals surface area contributed by atoms with Gasteiger partial charge < -0.3 is 8.98 Å². The number of rotatable bonds is 3. The number of pyridine rings is 1. The van der Waals surface area contributed by atoms with Crippen LogP contribution in [0.25, 0.3) is 11.2 Å². The molecular weight excluding hydrogens is 286 g/mol. The van der Waals surface area contributed by atoms with Gasteiger partial charge in [-0.2, -0.15) is 0 Å². The number of aryl methyl sites for hydroxylation is 3. The molecule has 0 amide bonds. The lowest BCUT2D eigenvalue weighted by Crippen LogP contribution is -2.11. The minimum absolute atomic E-state index is 0.0792. The van der Waals surface area contributed by atoms with E-state index in [0.717, 1.165) is 39.8 Å². The first-order valence-corrected chi connectivity index (χ1v) is 7.52. The van der Waals surface area contributed by atoms with Gasteiger partial charge in [-0.1, -0.05) is 0 Å². The van der Waals surface area contributed by atoms with Gasteiger partial charge >= 0.3 is 0 Å². The molecule has 0 spiro atoms. The van der Waals surface area contributed by atoms with Crippen LogP contribution in [-0.4, -0.2) is 14.5 Å². The molecule has 0 fully saturated rings. The number of aromatic nitrogens is 3. The molecule has 110 valence electrons. The molecule has 3 aromatic rings. The quantitative estimate of drug-likeness (QED) is 0.678. The number of furan rings is 1. The number of alkyl halides is 1. The Kier molecular flexibility index (Phi) is 3.49. The Labute approximate surface area is 128 Å². The zero-order chi connectivity index (χ0) is 15.1. The molecule has 0 radical (unpaired) electrons. The van der Waals surface area contributed by atoms with E-state index < -0.39 is 0 Å². The van der Waals surface area contributed by atoms with Crippen molar-refractivity contribution in [1.29, 1.82) is 0 Å². The molecule has 0 aliphatic heterocycles. The van der Waals surface area contributed by atoms with Crippen LogP contribution in [0.15, 0.2) is 22.6 Å². The number of imidazole rings is 1. The van der Waals surface area contributed by atoms with Crippen LogP contribution in [0.5, 0.6) is 0 Å². The molecule has 3 heterocycles. The summed E-state index contributed by atoms with van der Waals surface area (Å²) in [5, 5.41) is 0. The third-order valence-electron chi connectivity index (χ3n) is 3.79. The van der Waals surface area contributed by atoms with Crippen LogP contribution in [-0.2, 0) is 5.88 Å². The summed E-state index contributed by atoms with van der Waals surface area (Å²) in [6, 6.07) is 6.11. The maximum Gasteiger partial charge on any atom is 0.160 e. The normalized spacial score (nSPS) is 13.0. The standard InChI is InChI=1S/C16H18ClN3O/c1-9-5-6-14-16(18-9)20(15(8-17)19-14)11(3)13-7-10(2)21-12(13)4/h5-7,11H,8H2,1-4H3. The molecule has 4 nitrogen and oxygen atoms in total. The van der Waals surface area contributed by atoms with Crippen LogP contribution < -0.4 is 0 Å². The molecule has 1 unspecified atom stereocenters. The summed E-state index contributed by atoms with van der Waals surface area (Å²) in [6.45, 7) is 8.05. The van der Waals surface area contributed by atoms with Crippen molar-refractivity contribution in [2.24, 2.45) is 0 Å². The predicted octanol–water partition coefficient (Wildman–Crippen LogP) is 4.30. The Hall–Kier alpha value is -1.81. The first-order valence-electron chi connectivity index (χ1n) is 6.98. The average Bonchev–Trinajstić information content (AvgIpc) is 2.97. The molecule has 0 aliphatic rings. The van der Waals surface area contributed by atoms with Crippen molar-refractivity contribution in [2.45, 2.75) is 39.6 Å². The highest BCUT2D eigenvalue weighted by atomic mass is 35.5. The molecular formula is C16H18ClN3O. The van der Waals surface area contributed by atoms with E-state index in [-0.39, 0.29) is 6.04 Å². The number of halogens is 1. The summed E-state index contributed by atoms with van der Waals surface area (Å²) in [5.41, 5.74) is 3.86. The summed E-state index contributed by atoms with van der Waals surface area (Å²) < 4.78 is 7.76. The Bertz CT molecular complexity index is 803. The van der Waals surface area contributed by atoms with E-state index in [1.165, 1.54) is 0 Å². The van der Waals surface area contributed by atoms with E-state index in [4.69, 9.17) is 16.0 Å². The molecule has 21 heavy (non-hydrogen) atoms. The smallest absolute Gasteiger partial charge is 0.160 e. The average molecular weight is 304 g/mol. The van der Waals surface area contributed by atoms with Gasteiger partial charge in [0.2, 0.25) is 0 Å². The molecule has 0 aromatic carbocycles. The van der Waals surface area contributed by atoms with Crippen molar-refractivity contribution in [3.63, 3.8) is 0 Å². The molecule has 5 heteroatoms. The van der Waals surface area contributed by atoms with Gasteiger partial charge in [-0.05, 0) is 45.9 Å². The van der Waals surface area contributed by atoms with Crippen LogP contribution >= 0.6 is 11.6 Å². The van der Waals surface area contributed by atoms with Gasteiger partial charge in [-0.3, -0.25) is 0 Å². The summed E-state index contributed by atoms with van der Waals surface area (Å²) in [6.07, 6.45) is 0. The van der Waals surface area contributed by atoms with Gasteiger partial charge in [0, 0.05) is 11.3 Å². The highest BCUT2D eigenvalue weighted by molar-refractivity contribution is 6.16. The van der Waals surface area contributed by atoms with Gasteiger partial charge in [0.1, 0.15) is 22.9 Å². The minimum atomic E-state index is 0.0792. The molecule has 0 saturated heterocycles. The van der Waals surface area contributed by atoms with E-state index in [0.29, 0.717) is 5.88 Å². The van der Waals surface area contributed by atoms with E-state index >= 15 is 0 Å². The minimum Gasteiger partial charge on any atom is -0.466 e. The van der Waals surface area contributed by atoms with Crippen LogP contribution in [0.4, 0.5) is 0 Å².